The molecule has 1 aliphatic carbocycles. The number of carbonyl (C=O) groups excluding carboxylic acids is 1. The fraction of sp³-hybridized carbons (Fsp3) is 0.211. The van der Waals surface area contributed by atoms with Gasteiger partial charge in [-0.1, -0.05) is 42.5 Å². The van der Waals surface area contributed by atoms with Crippen LogP contribution in [0.5, 0.6) is 0 Å². The summed E-state index contributed by atoms with van der Waals surface area (Å²) in [5.41, 5.74) is 4.51. The maximum Gasteiger partial charge on any atom is 0.268 e. The van der Waals surface area contributed by atoms with Crippen molar-refractivity contribution in [2.45, 2.75) is 18.9 Å². The van der Waals surface area contributed by atoms with Crippen molar-refractivity contribution in [2.75, 3.05) is 0 Å². The van der Waals surface area contributed by atoms with Gasteiger partial charge in [-0.05, 0) is 36.1 Å². The number of aromatic nitrogens is 1. The monoisotopic (exact) mass is 290 g/mol. The third kappa shape index (κ3) is 2.10. The lowest BCUT2D eigenvalue weighted by atomic mass is 10.1. The van der Waals surface area contributed by atoms with E-state index in [2.05, 4.69) is 29.6 Å². The molecule has 1 aliphatic rings. The molecular formula is C19H18N2O. The third-order valence-corrected chi connectivity index (χ3v) is 4.57. The van der Waals surface area contributed by atoms with E-state index in [9.17, 15) is 4.79 Å². The summed E-state index contributed by atoms with van der Waals surface area (Å²) >= 11 is 0. The lowest BCUT2D eigenvalue weighted by Crippen LogP contribution is -2.36. The average Bonchev–Trinajstić information content (AvgIpc) is 3.08. The van der Waals surface area contributed by atoms with Crippen LogP contribution in [0.1, 0.15) is 21.6 Å². The van der Waals surface area contributed by atoms with E-state index in [0.29, 0.717) is 0 Å². The van der Waals surface area contributed by atoms with Crippen LogP contribution in [0.2, 0.25) is 0 Å². The fourth-order valence-corrected chi connectivity index (χ4v) is 3.43. The maximum absolute atomic E-state index is 12.6. The molecule has 0 radical (unpaired) electrons. The minimum absolute atomic E-state index is 0.0107. The average molecular weight is 290 g/mol. The van der Waals surface area contributed by atoms with Gasteiger partial charge < -0.3 is 9.88 Å². The van der Waals surface area contributed by atoms with Gasteiger partial charge in [-0.25, -0.2) is 0 Å². The van der Waals surface area contributed by atoms with Crippen molar-refractivity contribution in [3.63, 3.8) is 0 Å². The van der Waals surface area contributed by atoms with E-state index in [1.54, 1.807) is 0 Å². The normalized spacial score (nSPS) is 14.2. The molecule has 0 saturated carbocycles. The van der Waals surface area contributed by atoms with Gasteiger partial charge in [0.05, 0.1) is 0 Å². The Balaban J connectivity index is 1.56. The molecule has 3 aromatic rings. The number of para-hydroxylation sites is 1. The van der Waals surface area contributed by atoms with Crippen LogP contribution in [0.3, 0.4) is 0 Å². The van der Waals surface area contributed by atoms with E-state index in [4.69, 9.17) is 0 Å². The zero-order chi connectivity index (χ0) is 15.1. The van der Waals surface area contributed by atoms with Gasteiger partial charge in [0, 0.05) is 24.0 Å². The maximum atomic E-state index is 12.6. The van der Waals surface area contributed by atoms with E-state index < -0.39 is 0 Å². The smallest absolute Gasteiger partial charge is 0.268 e. The fourth-order valence-electron chi connectivity index (χ4n) is 3.43. The number of benzene rings is 2. The van der Waals surface area contributed by atoms with E-state index >= 15 is 0 Å². The van der Waals surface area contributed by atoms with Crippen LogP contribution >= 0.6 is 0 Å². The first-order valence-electron chi connectivity index (χ1n) is 7.64. The molecule has 0 fully saturated rings. The number of rotatable bonds is 2. The van der Waals surface area contributed by atoms with Gasteiger partial charge in [0.25, 0.3) is 5.91 Å². The summed E-state index contributed by atoms with van der Waals surface area (Å²) in [5, 5.41) is 4.29. The van der Waals surface area contributed by atoms with Gasteiger partial charge in [-0.15, -0.1) is 0 Å². The minimum atomic E-state index is 0.0107. The first kappa shape index (κ1) is 13.1. The lowest BCUT2D eigenvalue weighted by Gasteiger charge is -2.12. The Labute approximate surface area is 129 Å². The van der Waals surface area contributed by atoms with E-state index in [0.717, 1.165) is 29.4 Å². The molecule has 0 unspecified atom stereocenters. The predicted octanol–water partition coefficient (Wildman–Crippen LogP) is 3.08. The Morgan fingerprint density at radius 2 is 1.68 bits per heavy atom. The van der Waals surface area contributed by atoms with Crippen molar-refractivity contribution in [1.29, 1.82) is 0 Å². The quantitative estimate of drug-likeness (QED) is 0.773. The molecule has 22 heavy (non-hydrogen) atoms. The van der Waals surface area contributed by atoms with Gasteiger partial charge in [-0.2, -0.15) is 0 Å². The molecular weight excluding hydrogens is 272 g/mol. The first-order chi connectivity index (χ1) is 10.7. The lowest BCUT2D eigenvalue weighted by molar-refractivity contribution is 0.0931. The van der Waals surface area contributed by atoms with Crippen LogP contribution < -0.4 is 5.32 Å². The van der Waals surface area contributed by atoms with Crippen molar-refractivity contribution >= 4 is 16.8 Å². The largest absolute Gasteiger partial charge is 0.347 e. The second-order valence-corrected chi connectivity index (χ2v) is 5.99. The Bertz CT molecular complexity index is 838. The molecule has 1 amide bonds. The molecule has 1 N–H and O–H groups in total. The second kappa shape index (κ2) is 5.02. The van der Waals surface area contributed by atoms with Crippen LogP contribution in [0.4, 0.5) is 0 Å². The zero-order valence-corrected chi connectivity index (χ0v) is 12.5. The molecule has 2 aromatic carbocycles. The highest BCUT2D eigenvalue weighted by molar-refractivity contribution is 5.98. The molecule has 4 rings (SSSR count). The Morgan fingerprint density at radius 1 is 1.05 bits per heavy atom. The summed E-state index contributed by atoms with van der Waals surface area (Å²) in [5.74, 6) is 0.0107. The van der Waals surface area contributed by atoms with Crippen LogP contribution in [0.15, 0.2) is 54.6 Å². The number of hydrogen-bond acceptors (Lipinski definition) is 1. The number of fused-ring (bicyclic) bond motifs is 2. The molecule has 110 valence electrons. The molecule has 3 heteroatoms. The van der Waals surface area contributed by atoms with Gasteiger partial charge in [0.15, 0.2) is 0 Å². The second-order valence-electron chi connectivity index (χ2n) is 5.99. The molecule has 1 aromatic heterocycles. The molecule has 1 heterocycles. The summed E-state index contributed by atoms with van der Waals surface area (Å²) < 4.78 is 1.97. The van der Waals surface area contributed by atoms with Crippen LogP contribution in [-0.2, 0) is 19.9 Å². The van der Waals surface area contributed by atoms with Gasteiger partial charge >= 0.3 is 0 Å². The van der Waals surface area contributed by atoms with Gasteiger partial charge in [0.2, 0.25) is 0 Å². The van der Waals surface area contributed by atoms with Crippen LogP contribution in [0, 0.1) is 0 Å². The van der Waals surface area contributed by atoms with Crippen LogP contribution in [0.25, 0.3) is 10.9 Å². The summed E-state index contributed by atoms with van der Waals surface area (Å²) in [7, 11) is 1.95. The highest BCUT2D eigenvalue weighted by Crippen LogP contribution is 2.23. The standard InChI is InChI=1S/C19H18N2O/c1-21-17-9-5-4-8-15(17)12-18(21)19(22)20-16-10-13-6-2-3-7-14(13)11-16/h2-9,12,16H,10-11H2,1H3,(H,20,22). The van der Waals surface area contributed by atoms with Crippen molar-refractivity contribution in [3.05, 3.63) is 71.4 Å². The van der Waals surface area contributed by atoms with Crippen molar-refractivity contribution in [1.82, 2.24) is 9.88 Å². The van der Waals surface area contributed by atoms with E-state index in [-0.39, 0.29) is 11.9 Å². The van der Waals surface area contributed by atoms with E-state index in [1.807, 2.05) is 41.9 Å². The number of nitrogens with one attached hydrogen (secondary N) is 1. The Morgan fingerprint density at radius 3 is 2.36 bits per heavy atom. The molecule has 0 saturated heterocycles. The topological polar surface area (TPSA) is 34.0 Å². The summed E-state index contributed by atoms with van der Waals surface area (Å²) in [6.07, 6.45) is 1.84. The number of carbonyl (C=O) groups is 1. The molecule has 0 aliphatic heterocycles. The van der Waals surface area contributed by atoms with Gasteiger partial charge in [0.1, 0.15) is 5.69 Å². The molecule has 0 bridgehead atoms. The third-order valence-electron chi connectivity index (χ3n) is 4.57. The van der Waals surface area contributed by atoms with Crippen molar-refractivity contribution in [2.24, 2.45) is 7.05 Å². The number of aryl methyl sites for hydroxylation is 1. The number of nitrogens with zero attached hydrogens (tertiary/aromatic N) is 1. The predicted molar refractivity (Wildman–Crippen MR) is 88.0 cm³/mol. The first-order valence-corrected chi connectivity index (χ1v) is 7.64. The highest BCUT2D eigenvalue weighted by Gasteiger charge is 2.24. The summed E-state index contributed by atoms with van der Waals surface area (Å²) in [6.45, 7) is 0. The zero-order valence-electron chi connectivity index (χ0n) is 12.5. The van der Waals surface area contributed by atoms with Crippen LogP contribution in [-0.4, -0.2) is 16.5 Å². The highest BCUT2D eigenvalue weighted by atomic mass is 16.2. The van der Waals surface area contributed by atoms with Crippen molar-refractivity contribution in [3.8, 4) is 0 Å². The molecule has 0 spiro atoms. The minimum Gasteiger partial charge on any atom is -0.347 e. The Kier molecular flexibility index (Phi) is 3.00. The summed E-state index contributed by atoms with van der Waals surface area (Å²) in [6, 6.07) is 18.7. The SMILES string of the molecule is Cn1c(C(=O)NC2Cc3ccccc3C2)cc2ccccc21. The number of hydrogen-bond donors (Lipinski definition) is 1. The number of amides is 1. The molecule has 3 nitrogen and oxygen atoms in total. The van der Waals surface area contributed by atoms with E-state index in [1.165, 1.54) is 11.1 Å². The van der Waals surface area contributed by atoms with Gasteiger partial charge in [-0.3, -0.25) is 4.79 Å². The summed E-state index contributed by atoms with van der Waals surface area (Å²) in [4.78, 5) is 12.6. The molecule has 0 atom stereocenters. The van der Waals surface area contributed by atoms with Crippen molar-refractivity contribution < 1.29 is 4.79 Å². The Hall–Kier alpha value is -2.55.